The highest BCUT2D eigenvalue weighted by atomic mass is 35.5. The number of halogens is 2. The van der Waals surface area contributed by atoms with Gasteiger partial charge in [0.1, 0.15) is 0 Å². The highest BCUT2D eigenvalue weighted by Gasteiger charge is 2.08. The van der Waals surface area contributed by atoms with Crippen molar-refractivity contribution in [3.63, 3.8) is 0 Å². The van der Waals surface area contributed by atoms with E-state index in [1.54, 1.807) is 18.2 Å². The van der Waals surface area contributed by atoms with E-state index in [1.165, 1.54) is 6.08 Å². The number of aliphatic carboxylic acids is 1. The Bertz CT molecular complexity index is 817. The molecule has 0 aliphatic rings. The van der Waals surface area contributed by atoms with E-state index in [9.17, 15) is 4.79 Å². The Kier molecular flexibility index (Phi) is 6.01. The zero-order valence-corrected chi connectivity index (χ0v) is 14.4. The first kappa shape index (κ1) is 18.0. The molecule has 0 aliphatic heterocycles. The van der Waals surface area contributed by atoms with Gasteiger partial charge in [-0.3, -0.25) is 0 Å². The average molecular weight is 363 g/mol. The Morgan fingerprint density at radius 2 is 1.96 bits per heavy atom. The fourth-order valence-corrected chi connectivity index (χ4v) is 2.61. The van der Waals surface area contributed by atoms with Crippen LogP contribution in [0.5, 0.6) is 0 Å². The van der Waals surface area contributed by atoms with Gasteiger partial charge in [0.2, 0.25) is 0 Å². The molecule has 0 saturated heterocycles. The molecule has 2 aromatic carbocycles. The van der Waals surface area contributed by atoms with E-state index in [4.69, 9.17) is 33.7 Å². The molecule has 0 fully saturated rings. The van der Waals surface area contributed by atoms with E-state index < -0.39 is 5.97 Å². The SMILES string of the molecule is Cc1ccc(C(=N)/C=C/C(=O)O)c(NCc2ccc(Cl)cc2Cl)c1. The Morgan fingerprint density at radius 1 is 1.21 bits per heavy atom. The van der Waals surface area contributed by atoms with Crippen LogP contribution in [-0.2, 0) is 11.3 Å². The molecule has 0 radical (unpaired) electrons. The lowest BCUT2D eigenvalue weighted by molar-refractivity contribution is -0.131. The van der Waals surface area contributed by atoms with Crippen LogP contribution in [0.4, 0.5) is 5.69 Å². The normalized spacial score (nSPS) is 10.8. The fourth-order valence-electron chi connectivity index (χ4n) is 2.14. The zero-order valence-electron chi connectivity index (χ0n) is 12.9. The number of hydrogen-bond donors (Lipinski definition) is 3. The van der Waals surface area contributed by atoms with Gasteiger partial charge >= 0.3 is 5.97 Å². The van der Waals surface area contributed by atoms with Gasteiger partial charge in [-0.25, -0.2) is 4.79 Å². The van der Waals surface area contributed by atoms with Crippen LogP contribution < -0.4 is 5.32 Å². The number of carboxylic acids is 1. The first-order valence-electron chi connectivity index (χ1n) is 7.15. The Hall–Kier alpha value is -2.30. The summed E-state index contributed by atoms with van der Waals surface area (Å²) >= 11 is 12.1. The van der Waals surface area contributed by atoms with Crippen LogP contribution in [0, 0.1) is 12.3 Å². The second-order valence-corrected chi connectivity index (χ2v) is 6.07. The monoisotopic (exact) mass is 362 g/mol. The molecule has 2 aromatic rings. The van der Waals surface area contributed by atoms with Crippen LogP contribution in [-0.4, -0.2) is 16.8 Å². The van der Waals surface area contributed by atoms with Crippen molar-refractivity contribution < 1.29 is 9.90 Å². The lowest BCUT2D eigenvalue weighted by atomic mass is 10.0. The first-order valence-corrected chi connectivity index (χ1v) is 7.91. The standard InChI is InChI=1S/C18H16Cl2N2O2/c1-11-2-5-14(16(21)6-7-18(23)24)17(8-11)22-10-12-3-4-13(19)9-15(12)20/h2-9,21-22H,10H2,1H3,(H,23,24)/b7-6+,21-16?. The molecule has 0 amide bonds. The molecule has 0 atom stereocenters. The van der Waals surface area contributed by atoms with E-state index >= 15 is 0 Å². The maximum absolute atomic E-state index is 10.6. The molecule has 124 valence electrons. The second-order valence-electron chi connectivity index (χ2n) is 5.22. The van der Waals surface area contributed by atoms with Crippen LogP contribution in [0.1, 0.15) is 16.7 Å². The Balaban J connectivity index is 2.24. The molecule has 0 aliphatic carbocycles. The van der Waals surface area contributed by atoms with Gasteiger partial charge in [-0.05, 0) is 42.3 Å². The predicted molar refractivity (Wildman–Crippen MR) is 98.6 cm³/mol. The molecule has 0 bridgehead atoms. The molecular weight excluding hydrogens is 347 g/mol. The summed E-state index contributed by atoms with van der Waals surface area (Å²) in [5.74, 6) is -1.09. The van der Waals surface area contributed by atoms with Gasteiger partial charge < -0.3 is 15.8 Å². The predicted octanol–water partition coefficient (Wildman–Crippen LogP) is 4.92. The molecule has 0 spiro atoms. The van der Waals surface area contributed by atoms with Crippen molar-refractivity contribution in [1.82, 2.24) is 0 Å². The summed E-state index contributed by atoms with van der Waals surface area (Å²) in [5, 5.41) is 21.1. The number of allylic oxidation sites excluding steroid dienone is 1. The minimum Gasteiger partial charge on any atom is -0.478 e. The highest BCUT2D eigenvalue weighted by Crippen LogP contribution is 2.24. The van der Waals surface area contributed by atoms with Crippen molar-refractivity contribution in [2.24, 2.45) is 0 Å². The van der Waals surface area contributed by atoms with E-state index in [1.807, 2.05) is 25.1 Å². The smallest absolute Gasteiger partial charge is 0.328 e. The van der Waals surface area contributed by atoms with Gasteiger partial charge in [0.25, 0.3) is 0 Å². The zero-order chi connectivity index (χ0) is 17.7. The van der Waals surface area contributed by atoms with Crippen molar-refractivity contribution in [2.45, 2.75) is 13.5 Å². The van der Waals surface area contributed by atoms with E-state index in [0.29, 0.717) is 22.2 Å². The van der Waals surface area contributed by atoms with Crippen LogP contribution in [0.25, 0.3) is 0 Å². The Morgan fingerprint density at radius 3 is 2.62 bits per heavy atom. The number of nitrogens with one attached hydrogen (secondary N) is 2. The number of aryl methyl sites for hydroxylation is 1. The number of anilines is 1. The fraction of sp³-hybridized carbons (Fsp3) is 0.111. The van der Waals surface area contributed by atoms with Crippen LogP contribution in [0.15, 0.2) is 48.6 Å². The largest absolute Gasteiger partial charge is 0.478 e. The van der Waals surface area contributed by atoms with E-state index in [0.717, 1.165) is 22.9 Å². The van der Waals surface area contributed by atoms with Gasteiger partial charge in [0, 0.05) is 33.9 Å². The van der Waals surface area contributed by atoms with Crippen molar-refractivity contribution in [3.8, 4) is 0 Å². The second kappa shape index (κ2) is 7.99. The maximum atomic E-state index is 10.6. The van der Waals surface area contributed by atoms with Gasteiger partial charge in [-0.1, -0.05) is 41.4 Å². The third-order valence-electron chi connectivity index (χ3n) is 3.34. The molecule has 6 heteroatoms. The van der Waals surface area contributed by atoms with Gasteiger partial charge in [0.05, 0.1) is 5.71 Å². The third kappa shape index (κ3) is 4.85. The number of benzene rings is 2. The van der Waals surface area contributed by atoms with E-state index in [2.05, 4.69) is 5.32 Å². The summed E-state index contributed by atoms with van der Waals surface area (Å²) in [6, 6.07) is 10.8. The van der Waals surface area contributed by atoms with E-state index in [-0.39, 0.29) is 5.71 Å². The number of carboxylic acid groups (broad SMARTS) is 1. The van der Waals surface area contributed by atoms with Gasteiger partial charge in [0.15, 0.2) is 0 Å². The van der Waals surface area contributed by atoms with Crippen molar-refractivity contribution in [3.05, 3.63) is 75.3 Å². The molecule has 0 aromatic heterocycles. The van der Waals surface area contributed by atoms with Gasteiger partial charge in [-0.15, -0.1) is 0 Å². The summed E-state index contributed by atoms with van der Waals surface area (Å²) < 4.78 is 0. The molecule has 0 heterocycles. The first-order chi connectivity index (χ1) is 11.4. The number of hydrogen-bond acceptors (Lipinski definition) is 3. The van der Waals surface area contributed by atoms with Crippen LogP contribution >= 0.6 is 23.2 Å². The third-order valence-corrected chi connectivity index (χ3v) is 3.93. The lowest BCUT2D eigenvalue weighted by Crippen LogP contribution is -2.07. The summed E-state index contributed by atoms with van der Waals surface area (Å²) in [5.41, 5.74) is 3.37. The minimum atomic E-state index is -1.09. The van der Waals surface area contributed by atoms with Gasteiger partial charge in [-0.2, -0.15) is 0 Å². The summed E-state index contributed by atoms with van der Waals surface area (Å²) in [6.45, 7) is 2.41. The number of carbonyl (C=O) groups is 1. The molecule has 0 unspecified atom stereocenters. The van der Waals surface area contributed by atoms with Crippen molar-refractivity contribution >= 4 is 40.6 Å². The molecule has 4 nitrogen and oxygen atoms in total. The average Bonchev–Trinajstić information content (AvgIpc) is 2.52. The highest BCUT2D eigenvalue weighted by molar-refractivity contribution is 6.35. The van der Waals surface area contributed by atoms with Crippen molar-refractivity contribution in [1.29, 1.82) is 5.41 Å². The quantitative estimate of drug-likeness (QED) is 0.504. The minimum absolute atomic E-state index is 0.113. The van der Waals surface area contributed by atoms with Crippen LogP contribution in [0.3, 0.4) is 0 Å². The lowest BCUT2D eigenvalue weighted by Gasteiger charge is -2.13. The summed E-state index contributed by atoms with van der Waals surface area (Å²) in [6.07, 6.45) is 2.20. The summed E-state index contributed by atoms with van der Waals surface area (Å²) in [7, 11) is 0. The molecule has 0 saturated carbocycles. The molecule has 3 N–H and O–H groups in total. The number of rotatable bonds is 6. The van der Waals surface area contributed by atoms with Crippen LogP contribution in [0.2, 0.25) is 10.0 Å². The maximum Gasteiger partial charge on any atom is 0.328 e. The van der Waals surface area contributed by atoms with Crippen molar-refractivity contribution in [2.75, 3.05) is 5.32 Å². The topological polar surface area (TPSA) is 73.2 Å². The summed E-state index contributed by atoms with van der Waals surface area (Å²) in [4.78, 5) is 10.6. The Labute approximate surface area is 150 Å². The molecule has 24 heavy (non-hydrogen) atoms. The molecule has 2 rings (SSSR count). The molecular formula is C18H16Cl2N2O2.